The van der Waals surface area contributed by atoms with Gasteiger partial charge in [0, 0.05) is 61.3 Å². The summed E-state index contributed by atoms with van der Waals surface area (Å²) in [6.07, 6.45) is 8.49. The Kier molecular flexibility index (Phi) is 11.6. The van der Waals surface area contributed by atoms with E-state index in [4.69, 9.17) is 10.1 Å². The van der Waals surface area contributed by atoms with Crippen LogP contribution >= 0.6 is 0 Å². The molecule has 2 amide bonds. The Morgan fingerprint density at radius 2 is 1.77 bits per heavy atom. The second-order valence-corrected chi connectivity index (χ2v) is 15.7. The van der Waals surface area contributed by atoms with E-state index in [0.717, 1.165) is 78.7 Å². The number of carbonyl (C=O) groups is 1. The summed E-state index contributed by atoms with van der Waals surface area (Å²) in [5.74, 6) is 2.04. The average molecular weight is 721 g/mol. The molecular weight excluding hydrogens is 665 g/mol. The van der Waals surface area contributed by atoms with Crippen LogP contribution in [0.2, 0.25) is 0 Å². The number of pyridine rings is 1. The minimum atomic E-state index is -0.400. The fraction of sp³-hybridized carbons (Fsp3) is 0.463. The molecule has 12 nitrogen and oxygen atoms in total. The van der Waals surface area contributed by atoms with Gasteiger partial charge in [-0.2, -0.15) is 0 Å². The number of fused-ring (bicyclic) bond motifs is 2. The van der Waals surface area contributed by atoms with Crippen LogP contribution in [0.15, 0.2) is 78.8 Å². The molecule has 12 heteroatoms. The first-order valence-electron chi connectivity index (χ1n) is 18.8. The number of nitrogens with zero attached hydrogens (tertiary/aromatic N) is 6. The first-order valence-corrected chi connectivity index (χ1v) is 18.8. The normalized spacial score (nSPS) is 19.1. The zero-order valence-corrected chi connectivity index (χ0v) is 32.3. The first-order chi connectivity index (χ1) is 25.4. The van der Waals surface area contributed by atoms with Crippen molar-refractivity contribution in [2.24, 2.45) is 5.41 Å². The highest BCUT2D eigenvalue weighted by molar-refractivity contribution is 5.97. The molecule has 4 aromatic rings. The molecule has 3 heterocycles. The highest BCUT2D eigenvalue weighted by Gasteiger charge is 2.30. The highest BCUT2D eigenvalue weighted by atomic mass is 16.5. The summed E-state index contributed by atoms with van der Waals surface area (Å²) < 4.78 is 8.71. The summed E-state index contributed by atoms with van der Waals surface area (Å²) >= 11 is 0. The summed E-state index contributed by atoms with van der Waals surface area (Å²) in [5.41, 5.74) is 4.74. The average Bonchev–Trinajstić information content (AvgIpc) is 3.54. The number of aromatic nitrogens is 3. The van der Waals surface area contributed by atoms with E-state index in [1.165, 1.54) is 6.42 Å². The quantitative estimate of drug-likeness (QED) is 0.112. The van der Waals surface area contributed by atoms with Gasteiger partial charge in [-0.1, -0.05) is 51.1 Å². The van der Waals surface area contributed by atoms with Crippen LogP contribution in [0.4, 0.5) is 22.1 Å². The molecule has 0 unspecified atom stereocenters. The summed E-state index contributed by atoms with van der Waals surface area (Å²) in [4.78, 5) is 20.4. The number of benzene rings is 2. The van der Waals surface area contributed by atoms with Crippen molar-refractivity contribution in [3.8, 4) is 5.75 Å². The number of piperidine rings is 1. The first kappa shape index (κ1) is 37.7. The monoisotopic (exact) mass is 720 g/mol. The Morgan fingerprint density at radius 3 is 2.53 bits per heavy atom. The summed E-state index contributed by atoms with van der Waals surface area (Å²) in [7, 11) is 6.20. The second-order valence-electron chi connectivity index (χ2n) is 15.7. The molecule has 3 atom stereocenters. The van der Waals surface area contributed by atoms with Gasteiger partial charge in [0.1, 0.15) is 17.7 Å². The number of carbonyl (C=O) groups excluding carboxylic acids is 1. The van der Waals surface area contributed by atoms with E-state index in [1.54, 1.807) is 6.08 Å². The standard InChI is InChI=1S/C41H56N10O2/c1-28-13-10-11-22-50(28)40-47-46-38-21-18-31(27-51(38)40)53-35-20-19-34(32-16-8-9-17-33(32)35)44-39(52)45-37(26-36(42)41(2,3)4)43-29-14-12-15-30(25-29)49(7)24-23-48(5)6/h8-9,12,14-18,21,25-28,34-35,42-43H,10-11,13,19-20,22-24H2,1-7H3,(H2,44,45,52)/b37-26+,42-36?/t28-,34-,35+/m0/s1. The summed E-state index contributed by atoms with van der Waals surface area (Å²) in [6, 6.07) is 20.0. The number of allylic oxidation sites excluding steroid dienone is 1. The van der Waals surface area contributed by atoms with Gasteiger partial charge in [0.15, 0.2) is 5.65 Å². The van der Waals surface area contributed by atoms with Crippen LogP contribution in [0.25, 0.3) is 5.65 Å². The molecule has 1 aliphatic carbocycles. The summed E-state index contributed by atoms with van der Waals surface area (Å²) in [5, 5.41) is 27.3. The van der Waals surface area contributed by atoms with E-state index in [0.29, 0.717) is 24.0 Å². The van der Waals surface area contributed by atoms with Crippen LogP contribution in [0.5, 0.6) is 5.75 Å². The van der Waals surface area contributed by atoms with E-state index in [9.17, 15) is 4.79 Å². The van der Waals surface area contributed by atoms with Crippen LogP contribution in [-0.4, -0.2) is 78.1 Å². The van der Waals surface area contributed by atoms with Gasteiger partial charge in [-0.25, -0.2) is 4.79 Å². The predicted molar refractivity (Wildman–Crippen MR) is 214 cm³/mol. The third-order valence-corrected chi connectivity index (χ3v) is 10.2. The number of urea groups is 1. The molecule has 1 fully saturated rings. The van der Waals surface area contributed by atoms with E-state index in [2.05, 4.69) is 93.2 Å². The van der Waals surface area contributed by atoms with E-state index in [-0.39, 0.29) is 18.2 Å². The molecule has 0 radical (unpaired) electrons. The Hall–Kier alpha value is -5.10. The van der Waals surface area contributed by atoms with Gasteiger partial charge in [0.2, 0.25) is 5.95 Å². The number of hydrogen-bond acceptors (Lipinski definition) is 9. The van der Waals surface area contributed by atoms with Crippen molar-refractivity contribution >= 4 is 34.7 Å². The SMILES string of the molecule is C[C@H]1CCCCN1c1nnc2ccc(O[C@@H]3CC[C@H](NC(=O)N/C(=C/C(=N)C(C)(C)C)Nc4cccc(N(C)CCN(C)C)c4)c4ccccc43)cn12. The number of ether oxygens (including phenoxy) is 1. The molecule has 0 spiro atoms. The Bertz CT molecular complexity index is 1930. The highest BCUT2D eigenvalue weighted by Crippen LogP contribution is 2.39. The minimum Gasteiger partial charge on any atom is -0.484 e. The van der Waals surface area contributed by atoms with Gasteiger partial charge < -0.3 is 35.5 Å². The Morgan fingerprint density at radius 1 is 0.981 bits per heavy atom. The van der Waals surface area contributed by atoms with Crippen LogP contribution in [0, 0.1) is 10.8 Å². The summed E-state index contributed by atoms with van der Waals surface area (Å²) in [6.45, 7) is 11.0. The number of anilines is 3. The van der Waals surface area contributed by atoms with Crippen molar-refractivity contribution in [3.63, 3.8) is 0 Å². The maximum absolute atomic E-state index is 13.7. The van der Waals surface area contributed by atoms with Crippen molar-refractivity contribution in [2.75, 3.05) is 55.9 Å². The molecule has 2 aliphatic rings. The number of rotatable bonds is 12. The maximum atomic E-state index is 13.7. The van der Waals surface area contributed by atoms with Gasteiger partial charge >= 0.3 is 6.03 Å². The lowest BCUT2D eigenvalue weighted by Gasteiger charge is -2.33. The van der Waals surface area contributed by atoms with Crippen molar-refractivity contribution < 1.29 is 9.53 Å². The molecule has 0 bridgehead atoms. The van der Waals surface area contributed by atoms with Crippen LogP contribution in [0.1, 0.15) is 83.1 Å². The number of nitrogens with one attached hydrogen (secondary N) is 4. The largest absolute Gasteiger partial charge is 0.484 e. The van der Waals surface area contributed by atoms with Gasteiger partial charge in [-0.05, 0) is 94.6 Å². The molecule has 53 heavy (non-hydrogen) atoms. The number of amides is 2. The zero-order chi connectivity index (χ0) is 37.7. The van der Waals surface area contributed by atoms with Crippen LogP contribution < -0.4 is 30.5 Å². The van der Waals surface area contributed by atoms with Crippen molar-refractivity contribution in [2.45, 2.75) is 78.0 Å². The molecule has 1 saturated heterocycles. The molecule has 4 N–H and O–H groups in total. The predicted octanol–water partition coefficient (Wildman–Crippen LogP) is 7.38. The van der Waals surface area contributed by atoms with E-state index < -0.39 is 5.41 Å². The van der Waals surface area contributed by atoms with Crippen LogP contribution in [-0.2, 0) is 0 Å². The molecular formula is C41H56N10O2. The van der Waals surface area contributed by atoms with Crippen molar-refractivity contribution in [1.29, 1.82) is 5.41 Å². The lowest BCUT2D eigenvalue weighted by atomic mass is 9.85. The lowest BCUT2D eigenvalue weighted by molar-refractivity contribution is 0.171. The Labute approximate surface area is 314 Å². The second kappa shape index (κ2) is 16.3. The number of likely N-dealkylation sites (N-methyl/N-ethyl adjacent to an activating group) is 2. The third-order valence-electron chi connectivity index (χ3n) is 10.2. The fourth-order valence-electron chi connectivity index (χ4n) is 6.94. The molecule has 2 aromatic carbocycles. The van der Waals surface area contributed by atoms with Gasteiger partial charge in [-0.15, -0.1) is 10.2 Å². The molecule has 0 saturated carbocycles. The topological polar surface area (TPSA) is 126 Å². The smallest absolute Gasteiger partial charge is 0.320 e. The van der Waals surface area contributed by atoms with Gasteiger partial charge in [0.25, 0.3) is 0 Å². The Balaban J connectivity index is 1.16. The van der Waals surface area contributed by atoms with Crippen LogP contribution in [0.3, 0.4) is 0 Å². The molecule has 282 valence electrons. The fourth-order valence-corrected chi connectivity index (χ4v) is 6.94. The molecule has 6 rings (SSSR count). The maximum Gasteiger partial charge on any atom is 0.320 e. The minimum absolute atomic E-state index is 0.175. The van der Waals surface area contributed by atoms with E-state index >= 15 is 0 Å². The molecule has 1 aliphatic heterocycles. The van der Waals surface area contributed by atoms with Crippen molar-refractivity contribution in [3.05, 3.63) is 89.9 Å². The lowest BCUT2D eigenvalue weighted by Crippen LogP contribution is -2.41. The van der Waals surface area contributed by atoms with Gasteiger partial charge in [0.05, 0.1) is 12.2 Å². The van der Waals surface area contributed by atoms with E-state index in [1.807, 2.05) is 67.8 Å². The molecule has 2 aromatic heterocycles. The third kappa shape index (κ3) is 9.29. The van der Waals surface area contributed by atoms with Gasteiger partial charge in [-0.3, -0.25) is 9.72 Å². The number of hydrogen-bond donors (Lipinski definition) is 4. The van der Waals surface area contributed by atoms with Crippen molar-refractivity contribution in [1.82, 2.24) is 30.1 Å². The zero-order valence-electron chi connectivity index (χ0n) is 32.3.